The van der Waals surface area contributed by atoms with E-state index >= 15 is 0 Å². The van der Waals surface area contributed by atoms with Crippen molar-refractivity contribution in [2.75, 3.05) is 48.8 Å². The van der Waals surface area contributed by atoms with Gasteiger partial charge < -0.3 is 20.4 Å². The van der Waals surface area contributed by atoms with E-state index in [1.807, 2.05) is 36.4 Å². The molecule has 0 spiro atoms. The first-order valence-corrected chi connectivity index (χ1v) is 19.1. The second-order valence-corrected chi connectivity index (χ2v) is 19.2. The van der Waals surface area contributed by atoms with Crippen LogP contribution < -0.4 is 15.5 Å². The molecule has 0 aliphatic carbocycles. The van der Waals surface area contributed by atoms with Crippen LogP contribution in [0.1, 0.15) is 59.1 Å². The van der Waals surface area contributed by atoms with E-state index in [0.717, 1.165) is 48.4 Å². The molecule has 0 saturated carbocycles. The van der Waals surface area contributed by atoms with Gasteiger partial charge in [0.25, 0.3) is 0 Å². The van der Waals surface area contributed by atoms with Crippen LogP contribution in [0.25, 0.3) is 11.0 Å². The Morgan fingerprint density at radius 1 is 0.894 bits per heavy atom. The van der Waals surface area contributed by atoms with Gasteiger partial charge in [-0.3, -0.25) is 4.79 Å². The number of pyridine rings is 1. The van der Waals surface area contributed by atoms with Crippen LogP contribution in [-0.4, -0.2) is 67.1 Å². The Morgan fingerprint density at radius 2 is 1.55 bits per heavy atom. The van der Waals surface area contributed by atoms with E-state index in [1.54, 1.807) is 6.20 Å². The molecular formula is C38H49N7OSi. The number of aromatic nitrogens is 3. The molecule has 0 radical (unpaired) electrons. The summed E-state index contributed by atoms with van der Waals surface area (Å²) in [5, 5.41) is 7.14. The second kappa shape index (κ2) is 15.1. The number of benzene rings is 2. The number of aryl methyl sites for hydroxylation is 1. The van der Waals surface area contributed by atoms with Crippen molar-refractivity contribution in [3.05, 3.63) is 78.0 Å². The van der Waals surface area contributed by atoms with Gasteiger partial charge in [-0.2, -0.15) is 4.98 Å². The maximum Gasteiger partial charge on any atom is 0.229 e. The highest BCUT2D eigenvalue weighted by atomic mass is 28.3. The summed E-state index contributed by atoms with van der Waals surface area (Å²) in [7, 11) is 0.158. The fraction of sp³-hybridized carbons (Fsp3) is 0.421. The molecule has 1 amide bonds. The number of carbonyl (C=O) groups excluding carboxylic acids is 1. The molecule has 4 aromatic rings. The molecule has 0 atom stereocenters. The molecule has 9 heteroatoms. The summed E-state index contributed by atoms with van der Waals surface area (Å²) in [5.41, 5.74) is 9.83. The Morgan fingerprint density at radius 3 is 2.19 bits per heavy atom. The molecule has 1 aliphatic heterocycles. The lowest BCUT2D eigenvalue weighted by Crippen LogP contribution is -2.44. The van der Waals surface area contributed by atoms with Gasteiger partial charge in [0.15, 0.2) is 5.65 Å². The zero-order valence-electron chi connectivity index (χ0n) is 29.0. The van der Waals surface area contributed by atoms with Gasteiger partial charge in [-0.15, -0.1) is 5.54 Å². The van der Waals surface area contributed by atoms with Crippen molar-refractivity contribution in [1.82, 2.24) is 19.9 Å². The van der Waals surface area contributed by atoms with Gasteiger partial charge in [-0.25, -0.2) is 9.97 Å². The Labute approximate surface area is 281 Å². The van der Waals surface area contributed by atoms with Crippen LogP contribution in [0.15, 0.2) is 66.9 Å². The van der Waals surface area contributed by atoms with Crippen LogP contribution in [0.4, 0.5) is 23.1 Å². The Bertz CT molecular complexity index is 1700. The zero-order chi connectivity index (χ0) is 33.6. The molecule has 2 aromatic carbocycles. The Kier molecular flexibility index (Phi) is 10.9. The molecular weight excluding hydrogens is 599 g/mol. The monoisotopic (exact) mass is 647 g/mol. The lowest BCUT2D eigenvalue weighted by Gasteiger charge is -2.38. The fourth-order valence-corrected chi connectivity index (χ4v) is 12.1. The number of nitrogens with zero attached hydrogens (tertiary/aromatic N) is 5. The number of hydrogen-bond donors (Lipinski definition) is 2. The van der Waals surface area contributed by atoms with Crippen molar-refractivity contribution in [1.29, 1.82) is 0 Å². The van der Waals surface area contributed by atoms with E-state index in [1.165, 1.54) is 5.69 Å². The summed E-state index contributed by atoms with van der Waals surface area (Å²) in [6.07, 6.45) is 2.81. The summed E-state index contributed by atoms with van der Waals surface area (Å²) in [6, 6.07) is 20.3. The maximum absolute atomic E-state index is 13.1. The lowest BCUT2D eigenvalue weighted by molar-refractivity contribution is -0.116. The molecule has 8 nitrogen and oxygen atoms in total. The third-order valence-electron chi connectivity index (χ3n) is 9.59. The number of piperazine rings is 1. The van der Waals surface area contributed by atoms with Gasteiger partial charge >= 0.3 is 0 Å². The van der Waals surface area contributed by atoms with Crippen molar-refractivity contribution < 1.29 is 4.79 Å². The molecule has 1 fully saturated rings. The first kappa shape index (κ1) is 34.1. The number of carbonyl (C=O) groups is 1. The van der Waals surface area contributed by atoms with Crippen LogP contribution in [0.2, 0.25) is 16.6 Å². The number of likely N-dealkylation sites (N-methyl/N-ethyl adjacent to an activating group) is 1. The Hall–Kier alpha value is -4.26. The molecule has 0 unspecified atom stereocenters. The lowest BCUT2D eigenvalue weighted by atomic mass is 10.1. The third kappa shape index (κ3) is 8.18. The average molecular weight is 648 g/mol. The van der Waals surface area contributed by atoms with Gasteiger partial charge in [-0.1, -0.05) is 77.8 Å². The smallest absolute Gasteiger partial charge is 0.229 e. The van der Waals surface area contributed by atoms with Crippen molar-refractivity contribution in [3.8, 4) is 11.5 Å². The maximum atomic E-state index is 13.1. The van der Waals surface area contributed by atoms with E-state index in [-0.39, 0.29) is 5.91 Å². The van der Waals surface area contributed by atoms with Crippen molar-refractivity contribution in [2.24, 2.45) is 0 Å². The summed E-state index contributed by atoms with van der Waals surface area (Å²) in [6.45, 7) is 18.0. The zero-order valence-corrected chi connectivity index (χ0v) is 30.0. The van der Waals surface area contributed by atoms with Gasteiger partial charge in [0.05, 0.1) is 5.39 Å². The normalized spacial score (nSPS) is 14.0. The van der Waals surface area contributed by atoms with Crippen LogP contribution in [-0.2, 0) is 11.2 Å². The second-order valence-electron chi connectivity index (χ2n) is 13.6. The summed E-state index contributed by atoms with van der Waals surface area (Å²) in [5.74, 6) is 4.37. The minimum Gasteiger partial charge on any atom is -0.369 e. The predicted octanol–water partition coefficient (Wildman–Crippen LogP) is 7.66. The van der Waals surface area contributed by atoms with E-state index in [2.05, 4.69) is 110 Å². The standard InChI is InChI=1S/C38H49N7OSi/c1-27(2)47(28(3)4,29(5)6)24-19-31-25-35(41-36(46)18-13-30-11-9-8-10-12-30)42-37-34(31)26-39-38(43-37)40-32-14-16-33(17-15-32)45-22-20-44(7)21-23-45/h8-12,14-17,25-29H,13,18,20-23H2,1-7H3,(H2,39,40,41,42,43,46). The molecule has 1 aliphatic rings. The molecule has 2 N–H and O–H groups in total. The van der Waals surface area contributed by atoms with Gasteiger partial charge in [0.1, 0.15) is 13.9 Å². The van der Waals surface area contributed by atoms with E-state index in [4.69, 9.17) is 9.97 Å². The van der Waals surface area contributed by atoms with E-state index in [0.29, 0.717) is 46.9 Å². The summed E-state index contributed by atoms with van der Waals surface area (Å²) in [4.78, 5) is 32.1. The quantitative estimate of drug-likeness (QED) is 0.135. The topological polar surface area (TPSA) is 86.3 Å². The first-order chi connectivity index (χ1) is 22.5. The van der Waals surface area contributed by atoms with Crippen LogP contribution >= 0.6 is 0 Å². The molecule has 5 rings (SSSR count). The highest BCUT2D eigenvalue weighted by Gasteiger charge is 2.41. The van der Waals surface area contributed by atoms with Gasteiger partial charge in [0.2, 0.25) is 11.9 Å². The number of anilines is 4. The molecule has 47 heavy (non-hydrogen) atoms. The fourth-order valence-electron chi connectivity index (χ4n) is 6.90. The molecule has 246 valence electrons. The predicted molar refractivity (Wildman–Crippen MR) is 198 cm³/mol. The summed E-state index contributed by atoms with van der Waals surface area (Å²) >= 11 is 0. The van der Waals surface area contributed by atoms with Crippen LogP contribution in [0.3, 0.4) is 0 Å². The molecule has 0 bridgehead atoms. The minimum absolute atomic E-state index is 0.0947. The number of nitrogens with one attached hydrogen (secondary N) is 2. The third-order valence-corrected chi connectivity index (χ3v) is 15.9. The van der Waals surface area contributed by atoms with E-state index in [9.17, 15) is 4.79 Å². The van der Waals surface area contributed by atoms with Gasteiger partial charge in [0, 0.05) is 55.7 Å². The molecule has 2 aromatic heterocycles. The van der Waals surface area contributed by atoms with Gasteiger partial charge in [-0.05, 0) is 66.0 Å². The van der Waals surface area contributed by atoms with Crippen LogP contribution in [0, 0.1) is 11.5 Å². The SMILES string of the molecule is CC(C)[Si](C#Cc1cc(NC(=O)CCc2ccccc2)nc2nc(Nc3ccc(N4CCN(C)CC4)cc3)ncc12)(C(C)C)C(C)C. The first-order valence-electron chi connectivity index (χ1n) is 16.9. The number of amides is 1. The number of hydrogen-bond acceptors (Lipinski definition) is 7. The molecule has 3 heterocycles. The van der Waals surface area contributed by atoms with Crippen molar-refractivity contribution in [3.63, 3.8) is 0 Å². The number of fused-ring (bicyclic) bond motifs is 1. The average Bonchev–Trinajstić information content (AvgIpc) is 3.04. The largest absolute Gasteiger partial charge is 0.369 e. The Balaban J connectivity index is 1.44. The minimum atomic E-state index is -2.01. The van der Waals surface area contributed by atoms with Crippen molar-refractivity contribution in [2.45, 2.75) is 71.0 Å². The molecule has 1 saturated heterocycles. The highest BCUT2D eigenvalue weighted by Crippen LogP contribution is 2.41. The summed E-state index contributed by atoms with van der Waals surface area (Å²) < 4.78 is 0. The van der Waals surface area contributed by atoms with Crippen molar-refractivity contribution >= 4 is 48.2 Å². The van der Waals surface area contributed by atoms with Crippen LogP contribution in [0.5, 0.6) is 0 Å². The van der Waals surface area contributed by atoms with E-state index < -0.39 is 8.07 Å². The number of rotatable bonds is 10. The highest BCUT2D eigenvalue weighted by molar-refractivity contribution is 6.90.